The van der Waals surface area contributed by atoms with Gasteiger partial charge in [-0.1, -0.05) is 30.3 Å². The van der Waals surface area contributed by atoms with Crippen LogP contribution in [0, 0.1) is 11.3 Å². The quantitative estimate of drug-likeness (QED) is 0.598. The molecule has 3 rings (SSSR count). The highest BCUT2D eigenvalue weighted by molar-refractivity contribution is 7.18. The molecule has 0 aliphatic heterocycles. The number of rotatable bonds is 7. The van der Waals surface area contributed by atoms with Gasteiger partial charge < -0.3 is 15.4 Å². The summed E-state index contributed by atoms with van der Waals surface area (Å²) in [7, 11) is 1.59. The zero-order chi connectivity index (χ0) is 19.9. The smallest absolute Gasteiger partial charge is 0.240 e. The van der Waals surface area contributed by atoms with E-state index in [9.17, 15) is 9.59 Å². The van der Waals surface area contributed by atoms with E-state index in [1.165, 1.54) is 11.3 Å². The average Bonchev–Trinajstić information content (AvgIpc) is 3.12. The molecule has 28 heavy (non-hydrogen) atoms. The SMILES string of the molecule is COc1cc(-c2ccccc2)cc2sc(CC(=O)NCC(=O)NCC#N)nc12. The molecule has 0 unspecified atom stereocenters. The fourth-order valence-electron chi connectivity index (χ4n) is 2.65. The van der Waals surface area contributed by atoms with Crippen molar-refractivity contribution in [2.45, 2.75) is 6.42 Å². The van der Waals surface area contributed by atoms with E-state index >= 15 is 0 Å². The van der Waals surface area contributed by atoms with E-state index < -0.39 is 5.91 Å². The van der Waals surface area contributed by atoms with Crippen molar-refractivity contribution in [3.63, 3.8) is 0 Å². The van der Waals surface area contributed by atoms with Gasteiger partial charge in [-0.25, -0.2) is 4.98 Å². The summed E-state index contributed by atoms with van der Waals surface area (Å²) in [5.74, 6) is -0.0723. The van der Waals surface area contributed by atoms with Gasteiger partial charge in [0.2, 0.25) is 11.8 Å². The summed E-state index contributed by atoms with van der Waals surface area (Å²) in [4.78, 5) is 28.1. The molecule has 0 spiro atoms. The van der Waals surface area contributed by atoms with Crippen LogP contribution in [-0.4, -0.2) is 37.0 Å². The van der Waals surface area contributed by atoms with Gasteiger partial charge in [0, 0.05) is 0 Å². The molecular formula is C20H18N4O3S. The summed E-state index contributed by atoms with van der Waals surface area (Å²) in [6, 6.07) is 15.7. The fraction of sp³-hybridized carbons (Fsp3) is 0.200. The number of ether oxygens (including phenoxy) is 1. The van der Waals surface area contributed by atoms with Crippen molar-refractivity contribution < 1.29 is 14.3 Å². The van der Waals surface area contributed by atoms with Gasteiger partial charge in [0.05, 0.1) is 30.8 Å². The molecule has 7 nitrogen and oxygen atoms in total. The number of nitriles is 1. The molecular weight excluding hydrogens is 376 g/mol. The maximum absolute atomic E-state index is 12.1. The Bertz CT molecular complexity index is 1040. The molecule has 0 bridgehead atoms. The first-order chi connectivity index (χ1) is 13.6. The van der Waals surface area contributed by atoms with Gasteiger partial charge in [-0.05, 0) is 23.3 Å². The van der Waals surface area contributed by atoms with Gasteiger partial charge in [-0.15, -0.1) is 11.3 Å². The molecule has 8 heteroatoms. The van der Waals surface area contributed by atoms with Crippen molar-refractivity contribution in [1.82, 2.24) is 15.6 Å². The monoisotopic (exact) mass is 394 g/mol. The number of carbonyl (C=O) groups is 2. The first-order valence-electron chi connectivity index (χ1n) is 8.54. The second-order valence-corrected chi connectivity index (χ2v) is 7.00. The molecule has 0 aliphatic rings. The Hall–Kier alpha value is -3.44. The van der Waals surface area contributed by atoms with Crippen molar-refractivity contribution in [2.24, 2.45) is 0 Å². The summed E-state index contributed by atoms with van der Waals surface area (Å²) >= 11 is 1.42. The van der Waals surface area contributed by atoms with Crippen molar-refractivity contribution >= 4 is 33.4 Å². The van der Waals surface area contributed by atoms with Crippen LogP contribution in [0.1, 0.15) is 5.01 Å². The summed E-state index contributed by atoms with van der Waals surface area (Å²) in [5.41, 5.74) is 2.79. The van der Waals surface area contributed by atoms with Crippen LogP contribution >= 0.6 is 11.3 Å². The molecule has 0 fully saturated rings. The summed E-state index contributed by atoms with van der Waals surface area (Å²) in [6.07, 6.45) is 0.0642. The van der Waals surface area contributed by atoms with Crippen LogP contribution in [0.15, 0.2) is 42.5 Å². The van der Waals surface area contributed by atoms with Crippen molar-refractivity contribution in [3.05, 3.63) is 47.5 Å². The number of hydrogen-bond acceptors (Lipinski definition) is 6. The Labute approximate surface area is 166 Å². The number of methoxy groups -OCH3 is 1. The third-order valence-electron chi connectivity index (χ3n) is 3.95. The average molecular weight is 394 g/mol. The van der Waals surface area contributed by atoms with Gasteiger partial charge >= 0.3 is 0 Å². The van der Waals surface area contributed by atoms with E-state index in [1.54, 1.807) is 13.2 Å². The maximum Gasteiger partial charge on any atom is 0.240 e. The lowest BCUT2D eigenvalue weighted by Crippen LogP contribution is -2.37. The van der Waals surface area contributed by atoms with Crippen LogP contribution < -0.4 is 15.4 Å². The number of fused-ring (bicyclic) bond motifs is 1. The van der Waals surface area contributed by atoms with Crippen LogP contribution in [0.4, 0.5) is 0 Å². The van der Waals surface area contributed by atoms with E-state index in [0.717, 1.165) is 15.8 Å². The highest BCUT2D eigenvalue weighted by Gasteiger charge is 2.14. The Balaban J connectivity index is 1.75. The van der Waals surface area contributed by atoms with Crippen LogP contribution in [0.3, 0.4) is 0 Å². The van der Waals surface area contributed by atoms with E-state index in [0.29, 0.717) is 16.3 Å². The Kier molecular flexibility index (Phi) is 6.19. The van der Waals surface area contributed by atoms with Crippen molar-refractivity contribution in [1.29, 1.82) is 5.26 Å². The van der Waals surface area contributed by atoms with Gasteiger partial charge in [0.15, 0.2) is 0 Å². The number of amides is 2. The van der Waals surface area contributed by atoms with E-state index in [1.807, 2.05) is 42.5 Å². The maximum atomic E-state index is 12.1. The number of hydrogen-bond donors (Lipinski definition) is 2. The van der Waals surface area contributed by atoms with Crippen LogP contribution in [-0.2, 0) is 16.0 Å². The zero-order valence-electron chi connectivity index (χ0n) is 15.2. The van der Waals surface area contributed by atoms with Gasteiger partial charge in [-0.3, -0.25) is 9.59 Å². The van der Waals surface area contributed by atoms with Gasteiger partial charge in [0.1, 0.15) is 22.8 Å². The molecule has 1 heterocycles. The number of aromatic nitrogens is 1. The predicted molar refractivity (Wildman–Crippen MR) is 107 cm³/mol. The van der Waals surface area contributed by atoms with E-state index in [2.05, 4.69) is 15.6 Å². The fourth-order valence-corrected chi connectivity index (χ4v) is 3.68. The number of thiazole rings is 1. The third-order valence-corrected chi connectivity index (χ3v) is 4.96. The number of benzene rings is 2. The number of carbonyl (C=O) groups excluding carboxylic acids is 2. The molecule has 2 amide bonds. The second kappa shape index (κ2) is 8.97. The topological polar surface area (TPSA) is 104 Å². The molecule has 0 saturated carbocycles. The standard InChI is InChI=1S/C20H18N4O3S/c1-27-15-9-14(13-5-3-2-4-6-13)10-16-20(15)24-19(28-16)11-17(25)23-12-18(26)22-8-7-21/h2-6,9-10H,8,11-12H2,1H3,(H,22,26)(H,23,25). The van der Waals surface area contributed by atoms with Crippen LogP contribution in [0.5, 0.6) is 5.75 Å². The molecule has 0 saturated heterocycles. The number of nitrogens with zero attached hydrogens (tertiary/aromatic N) is 2. The molecule has 0 atom stereocenters. The first-order valence-corrected chi connectivity index (χ1v) is 9.35. The van der Waals surface area contributed by atoms with E-state index in [-0.39, 0.29) is 25.4 Å². The molecule has 2 N–H and O–H groups in total. The minimum atomic E-state index is -0.409. The first kappa shape index (κ1) is 19.3. The van der Waals surface area contributed by atoms with Crippen LogP contribution in [0.25, 0.3) is 21.3 Å². The lowest BCUT2D eigenvalue weighted by atomic mass is 10.1. The third kappa shape index (κ3) is 4.64. The van der Waals surface area contributed by atoms with Crippen LogP contribution in [0.2, 0.25) is 0 Å². The molecule has 3 aromatic rings. The zero-order valence-corrected chi connectivity index (χ0v) is 16.0. The summed E-state index contributed by atoms with van der Waals surface area (Å²) < 4.78 is 6.41. The van der Waals surface area contributed by atoms with Gasteiger partial charge in [0.25, 0.3) is 0 Å². The predicted octanol–water partition coefficient (Wildman–Crippen LogP) is 2.27. The molecule has 142 valence electrons. The Morgan fingerprint density at radius 1 is 1.14 bits per heavy atom. The van der Waals surface area contributed by atoms with E-state index in [4.69, 9.17) is 10.00 Å². The Morgan fingerprint density at radius 2 is 1.93 bits per heavy atom. The lowest BCUT2D eigenvalue weighted by molar-refractivity contribution is -0.125. The lowest BCUT2D eigenvalue weighted by Gasteiger charge is -2.05. The molecule has 1 aromatic heterocycles. The number of nitrogens with one attached hydrogen (secondary N) is 2. The summed E-state index contributed by atoms with van der Waals surface area (Å²) in [6.45, 7) is -0.261. The minimum Gasteiger partial charge on any atom is -0.494 e. The molecule has 2 aromatic carbocycles. The highest BCUT2D eigenvalue weighted by atomic mass is 32.1. The minimum absolute atomic E-state index is 0.0642. The molecule has 0 radical (unpaired) electrons. The van der Waals surface area contributed by atoms with Crippen molar-refractivity contribution in [3.8, 4) is 22.9 Å². The van der Waals surface area contributed by atoms with Gasteiger partial charge in [-0.2, -0.15) is 5.26 Å². The van der Waals surface area contributed by atoms with Crippen molar-refractivity contribution in [2.75, 3.05) is 20.2 Å². The highest BCUT2D eigenvalue weighted by Crippen LogP contribution is 2.35. The largest absolute Gasteiger partial charge is 0.494 e. The summed E-state index contributed by atoms with van der Waals surface area (Å²) in [5, 5.41) is 13.9. The normalized spacial score (nSPS) is 10.3. The molecule has 0 aliphatic carbocycles. The second-order valence-electron chi connectivity index (χ2n) is 5.89. The Morgan fingerprint density at radius 3 is 2.64 bits per heavy atom.